The lowest BCUT2D eigenvalue weighted by Crippen LogP contribution is -2.31. The Morgan fingerprint density at radius 3 is 2.88 bits per heavy atom. The van der Waals surface area contributed by atoms with Gasteiger partial charge in [0.2, 0.25) is 0 Å². The maximum atomic E-state index is 12.7. The Hall–Kier alpha value is -2.15. The van der Waals surface area contributed by atoms with E-state index in [0.717, 1.165) is 33.6 Å². The Balaban J connectivity index is 1.68. The summed E-state index contributed by atoms with van der Waals surface area (Å²) in [6, 6.07) is 3.78. The van der Waals surface area contributed by atoms with Crippen molar-refractivity contribution in [2.24, 2.45) is 0 Å². The van der Waals surface area contributed by atoms with Gasteiger partial charge >= 0.3 is 0 Å². The van der Waals surface area contributed by atoms with Gasteiger partial charge in [0.05, 0.1) is 17.2 Å². The fourth-order valence-corrected chi connectivity index (χ4v) is 3.76. The van der Waals surface area contributed by atoms with Crippen LogP contribution in [0.15, 0.2) is 18.3 Å². The predicted octanol–water partition coefficient (Wildman–Crippen LogP) is 2.51. The van der Waals surface area contributed by atoms with Crippen LogP contribution in [0.4, 0.5) is 5.82 Å². The molecule has 1 aliphatic rings. The zero-order valence-corrected chi connectivity index (χ0v) is 15.3. The third-order valence-electron chi connectivity index (χ3n) is 4.00. The molecule has 24 heavy (non-hydrogen) atoms. The quantitative estimate of drug-likeness (QED) is 0.851. The lowest BCUT2D eigenvalue weighted by molar-refractivity contribution is 0.0776. The summed E-state index contributed by atoms with van der Waals surface area (Å²) in [4.78, 5) is 25.9. The van der Waals surface area contributed by atoms with Crippen LogP contribution in [-0.2, 0) is 0 Å². The van der Waals surface area contributed by atoms with Crippen molar-refractivity contribution in [1.82, 2.24) is 14.9 Å². The summed E-state index contributed by atoms with van der Waals surface area (Å²) in [5.74, 6) is 1.62. The molecular weight excluding hydrogens is 324 g/mol. The molecule has 3 heterocycles. The van der Waals surface area contributed by atoms with Crippen molar-refractivity contribution in [2.45, 2.75) is 26.4 Å². The summed E-state index contributed by atoms with van der Waals surface area (Å²) in [5.41, 5.74) is 0.814. The zero-order valence-electron chi connectivity index (χ0n) is 14.4. The van der Waals surface area contributed by atoms with Crippen molar-refractivity contribution >= 4 is 23.1 Å². The number of ether oxygens (including phenoxy) is 1. The average molecular weight is 346 g/mol. The number of hydrogen-bond acceptors (Lipinski definition) is 6. The molecule has 1 amide bonds. The number of likely N-dealkylation sites (tertiary alicyclic amines) is 1. The maximum absolute atomic E-state index is 12.7. The van der Waals surface area contributed by atoms with E-state index in [2.05, 4.69) is 9.97 Å². The van der Waals surface area contributed by atoms with Gasteiger partial charge in [-0.1, -0.05) is 0 Å². The smallest absolute Gasteiger partial charge is 0.265 e. The molecule has 0 aliphatic carbocycles. The molecule has 0 spiro atoms. The molecule has 1 aliphatic heterocycles. The first-order valence-corrected chi connectivity index (χ1v) is 8.79. The molecule has 0 aromatic carbocycles. The number of thiazole rings is 1. The van der Waals surface area contributed by atoms with Crippen LogP contribution in [-0.4, -0.2) is 54.1 Å². The molecule has 2 aromatic heterocycles. The number of pyridine rings is 1. The van der Waals surface area contributed by atoms with Crippen LogP contribution in [0.5, 0.6) is 5.75 Å². The highest BCUT2D eigenvalue weighted by molar-refractivity contribution is 7.13. The summed E-state index contributed by atoms with van der Waals surface area (Å²) in [7, 11) is 3.88. The van der Waals surface area contributed by atoms with Crippen molar-refractivity contribution in [3.05, 3.63) is 33.9 Å². The number of hydrogen-bond donors (Lipinski definition) is 0. The van der Waals surface area contributed by atoms with E-state index in [0.29, 0.717) is 13.1 Å². The van der Waals surface area contributed by atoms with Crippen molar-refractivity contribution in [3.8, 4) is 5.75 Å². The third kappa shape index (κ3) is 3.36. The molecular formula is C17H22N4O2S. The summed E-state index contributed by atoms with van der Waals surface area (Å²) in [6.07, 6.45) is 2.57. The first-order chi connectivity index (χ1) is 11.5. The van der Waals surface area contributed by atoms with Gasteiger partial charge in [-0.2, -0.15) is 0 Å². The monoisotopic (exact) mass is 346 g/mol. The molecule has 6 nitrogen and oxygen atoms in total. The van der Waals surface area contributed by atoms with Gasteiger partial charge in [0, 0.05) is 33.3 Å². The van der Waals surface area contributed by atoms with E-state index in [4.69, 9.17) is 4.74 Å². The number of aromatic nitrogens is 2. The topological polar surface area (TPSA) is 58.6 Å². The van der Waals surface area contributed by atoms with E-state index in [1.165, 1.54) is 11.3 Å². The minimum Gasteiger partial charge on any atom is -0.485 e. The van der Waals surface area contributed by atoms with Gasteiger partial charge in [-0.15, -0.1) is 11.3 Å². The minimum absolute atomic E-state index is 0.00817. The summed E-state index contributed by atoms with van der Waals surface area (Å²) >= 11 is 1.46. The van der Waals surface area contributed by atoms with Crippen LogP contribution in [0.25, 0.3) is 0 Å². The van der Waals surface area contributed by atoms with Gasteiger partial charge < -0.3 is 14.5 Å². The predicted molar refractivity (Wildman–Crippen MR) is 95.1 cm³/mol. The van der Waals surface area contributed by atoms with Gasteiger partial charge in [0.15, 0.2) is 11.6 Å². The Morgan fingerprint density at radius 2 is 2.21 bits per heavy atom. The summed E-state index contributed by atoms with van der Waals surface area (Å²) in [6.45, 7) is 5.11. The van der Waals surface area contributed by atoms with Crippen LogP contribution in [0.2, 0.25) is 0 Å². The van der Waals surface area contributed by atoms with Crippen LogP contribution >= 0.6 is 11.3 Å². The Morgan fingerprint density at radius 1 is 1.42 bits per heavy atom. The standard InChI is InChI=1S/C17H22N4O2S/c1-11-15(24-12(2)19-11)17(22)21-9-7-13(10-21)23-14-6-5-8-18-16(14)20(3)4/h5-6,8,13H,7,9-10H2,1-4H3/t13-/m1/s1. The summed E-state index contributed by atoms with van der Waals surface area (Å²) < 4.78 is 6.11. The van der Waals surface area contributed by atoms with Gasteiger partial charge in [-0.3, -0.25) is 4.79 Å². The number of nitrogens with zero attached hydrogens (tertiary/aromatic N) is 4. The molecule has 0 unspecified atom stereocenters. The van der Waals surface area contributed by atoms with Crippen molar-refractivity contribution in [3.63, 3.8) is 0 Å². The lowest BCUT2D eigenvalue weighted by Gasteiger charge is -2.20. The number of rotatable bonds is 4. The van der Waals surface area contributed by atoms with Crippen molar-refractivity contribution in [2.75, 3.05) is 32.1 Å². The fourth-order valence-electron chi connectivity index (χ4n) is 2.87. The molecule has 7 heteroatoms. The molecule has 1 fully saturated rings. The van der Waals surface area contributed by atoms with Crippen molar-refractivity contribution < 1.29 is 9.53 Å². The molecule has 0 saturated carbocycles. The van der Waals surface area contributed by atoms with Gasteiger partial charge in [-0.05, 0) is 26.0 Å². The molecule has 1 saturated heterocycles. The first-order valence-electron chi connectivity index (χ1n) is 7.98. The molecule has 2 aromatic rings. The Labute approximate surface area is 146 Å². The largest absolute Gasteiger partial charge is 0.485 e. The zero-order chi connectivity index (χ0) is 17.3. The first kappa shape index (κ1) is 16.7. The molecule has 3 rings (SSSR count). The second-order valence-corrected chi connectivity index (χ2v) is 7.35. The fraction of sp³-hybridized carbons (Fsp3) is 0.471. The van der Waals surface area contributed by atoms with E-state index in [-0.39, 0.29) is 12.0 Å². The number of aryl methyl sites for hydroxylation is 2. The number of anilines is 1. The van der Waals surface area contributed by atoms with Gasteiger partial charge in [-0.25, -0.2) is 9.97 Å². The van der Waals surface area contributed by atoms with Gasteiger partial charge in [0.1, 0.15) is 11.0 Å². The molecule has 1 atom stereocenters. The SMILES string of the molecule is Cc1nc(C)c(C(=O)N2CC[C@@H](Oc3cccnc3N(C)C)C2)s1. The summed E-state index contributed by atoms with van der Waals surface area (Å²) in [5, 5.41) is 0.925. The highest BCUT2D eigenvalue weighted by Gasteiger charge is 2.30. The van der Waals surface area contributed by atoms with E-state index in [1.807, 2.05) is 49.9 Å². The molecule has 0 N–H and O–H groups in total. The van der Waals surface area contributed by atoms with Crippen LogP contribution in [0.1, 0.15) is 26.8 Å². The number of amides is 1. The number of carbonyl (C=O) groups excluding carboxylic acids is 1. The normalized spacial score (nSPS) is 17.2. The van der Waals surface area contributed by atoms with E-state index < -0.39 is 0 Å². The van der Waals surface area contributed by atoms with Gasteiger partial charge in [0.25, 0.3) is 5.91 Å². The lowest BCUT2D eigenvalue weighted by atomic mass is 10.3. The maximum Gasteiger partial charge on any atom is 0.265 e. The van der Waals surface area contributed by atoms with Crippen LogP contribution in [0.3, 0.4) is 0 Å². The second-order valence-electron chi connectivity index (χ2n) is 6.15. The van der Waals surface area contributed by atoms with E-state index in [9.17, 15) is 4.79 Å². The minimum atomic E-state index is -0.00817. The molecule has 0 radical (unpaired) electrons. The van der Waals surface area contributed by atoms with Crippen LogP contribution < -0.4 is 9.64 Å². The number of carbonyl (C=O) groups is 1. The van der Waals surface area contributed by atoms with Crippen LogP contribution in [0, 0.1) is 13.8 Å². The Bertz CT molecular complexity index is 744. The van der Waals surface area contributed by atoms with E-state index in [1.54, 1.807) is 6.20 Å². The van der Waals surface area contributed by atoms with Crippen molar-refractivity contribution in [1.29, 1.82) is 0 Å². The Kier molecular flexibility index (Phi) is 4.71. The molecule has 128 valence electrons. The average Bonchev–Trinajstić information content (AvgIpc) is 3.13. The highest BCUT2D eigenvalue weighted by atomic mass is 32.1. The highest BCUT2D eigenvalue weighted by Crippen LogP contribution is 2.28. The third-order valence-corrected chi connectivity index (χ3v) is 5.06. The van der Waals surface area contributed by atoms with E-state index >= 15 is 0 Å². The molecule has 0 bridgehead atoms. The second kappa shape index (κ2) is 6.76.